The van der Waals surface area contributed by atoms with E-state index in [0.29, 0.717) is 12.0 Å². The summed E-state index contributed by atoms with van der Waals surface area (Å²) in [7, 11) is 2.18. The first-order valence-electron chi connectivity index (χ1n) is 6.51. The molecule has 0 aliphatic rings. The maximum absolute atomic E-state index is 5.83. The van der Waals surface area contributed by atoms with E-state index in [1.807, 2.05) is 0 Å². The maximum atomic E-state index is 5.83. The van der Waals surface area contributed by atoms with Crippen LogP contribution in [0.2, 0.25) is 0 Å². The van der Waals surface area contributed by atoms with E-state index in [9.17, 15) is 0 Å². The lowest BCUT2D eigenvalue weighted by atomic mass is 10.0. The molecule has 1 aromatic carbocycles. The summed E-state index contributed by atoms with van der Waals surface area (Å²) in [5, 5.41) is 0. The second-order valence-electron chi connectivity index (χ2n) is 5.20. The van der Waals surface area contributed by atoms with E-state index in [-0.39, 0.29) is 0 Å². The van der Waals surface area contributed by atoms with E-state index >= 15 is 0 Å². The minimum absolute atomic E-state index is 0.485. The molecule has 0 aromatic heterocycles. The zero-order valence-corrected chi connectivity index (χ0v) is 11.6. The molecule has 0 saturated heterocycles. The predicted octanol–water partition coefficient (Wildman–Crippen LogP) is 2.45. The van der Waals surface area contributed by atoms with Crippen molar-refractivity contribution in [2.45, 2.75) is 33.2 Å². The van der Waals surface area contributed by atoms with Gasteiger partial charge in [0, 0.05) is 19.1 Å². The van der Waals surface area contributed by atoms with Crippen molar-refractivity contribution in [1.82, 2.24) is 4.90 Å². The summed E-state index contributed by atoms with van der Waals surface area (Å²) >= 11 is 0. The number of aryl methyl sites for hydroxylation is 1. The van der Waals surface area contributed by atoms with Gasteiger partial charge in [-0.15, -0.1) is 0 Å². The van der Waals surface area contributed by atoms with E-state index in [0.717, 1.165) is 19.5 Å². The Bertz CT molecular complexity index is 333. The minimum atomic E-state index is 0.485. The molecule has 17 heavy (non-hydrogen) atoms. The lowest BCUT2D eigenvalue weighted by Crippen LogP contribution is -2.42. The highest BCUT2D eigenvalue weighted by Gasteiger charge is 2.16. The van der Waals surface area contributed by atoms with E-state index < -0.39 is 0 Å². The van der Waals surface area contributed by atoms with Gasteiger partial charge in [-0.25, -0.2) is 0 Å². The number of rotatable bonds is 6. The Morgan fingerprint density at radius 3 is 2.41 bits per heavy atom. The van der Waals surface area contributed by atoms with Crippen LogP contribution in [0.15, 0.2) is 24.3 Å². The normalized spacial score (nSPS) is 13.4. The van der Waals surface area contributed by atoms with Crippen LogP contribution >= 0.6 is 0 Å². The van der Waals surface area contributed by atoms with Gasteiger partial charge in [0.05, 0.1) is 0 Å². The second kappa shape index (κ2) is 6.77. The molecule has 1 rings (SSSR count). The number of nitrogens with zero attached hydrogens (tertiary/aromatic N) is 1. The molecule has 0 heterocycles. The Morgan fingerprint density at radius 2 is 1.88 bits per heavy atom. The van der Waals surface area contributed by atoms with Gasteiger partial charge in [-0.05, 0) is 37.4 Å². The van der Waals surface area contributed by atoms with Crippen molar-refractivity contribution in [2.75, 3.05) is 20.1 Å². The first kappa shape index (κ1) is 14.2. The van der Waals surface area contributed by atoms with Gasteiger partial charge >= 0.3 is 0 Å². The molecule has 1 unspecified atom stereocenters. The summed E-state index contributed by atoms with van der Waals surface area (Å²) in [6, 6.07) is 9.10. The highest BCUT2D eigenvalue weighted by Crippen LogP contribution is 2.11. The molecule has 0 fully saturated rings. The number of nitrogens with two attached hydrogens (primary N) is 1. The molecule has 0 aliphatic heterocycles. The first-order chi connectivity index (χ1) is 8.06. The molecule has 2 N–H and O–H groups in total. The fourth-order valence-electron chi connectivity index (χ4n) is 2.31. The van der Waals surface area contributed by atoms with Gasteiger partial charge in [-0.3, -0.25) is 0 Å². The summed E-state index contributed by atoms with van der Waals surface area (Å²) in [6.45, 7) is 8.47. The zero-order chi connectivity index (χ0) is 12.8. The van der Waals surface area contributed by atoms with Crippen LogP contribution in [-0.2, 0) is 6.42 Å². The van der Waals surface area contributed by atoms with Crippen molar-refractivity contribution in [1.29, 1.82) is 0 Å². The molecule has 96 valence electrons. The Kier molecular flexibility index (Phi) is 5.66. The van der Waals surface area contributed by atoms with Gasteiger partial charge in [0.1, 0.15) is 0 Å². The third kappa shape index (κ3) is 4.14. The standard InChI is InChI=1S/C15H26N2/c1-12(2)15(11-16)17(4)10-9-14-8-6-5-7-13(14)3/h5-8,12,15H,9-11,16H2,1-4H3. The average Bonchev–Trinajstić information content (AvgIpc) is 2.28. The first-order valence-corrected chi connectivity index (χ1v) is 6.51. The molecule has 0 aliphatic carbocycles. The van der Waals surface area contributed by atoms with Crippen LogP contribution < -0.4 is 5.73 Å². The van der Waals surface area contributed by atoms with Crippen LogP contribution in [-0.4, -0.2) is 31.1 Å². The Morgan fingerprint density at radius 1 is 1.24 bits per heavy atom. The zero-order valence-electron chi connectivity index (χ0n) is 11.6. The number of benzene rings is 1. The van der Waals surface area contributed by atoms with Crippen molar-refractivity contribution in [3.8, 4) is 0 Å². The maximum Gasteiger partial charge on any atom is 0.0238 e. The quantitative estimate of drug-likeness (QED) is 0.819. The van der Waals surface area contributed by atoms with E-state index in [1.54, 1.807) is 0 Å². The van der Waals surface area contributed by atoms with Gasteiger partial charge in [0.2, 0.25) is 0 Å². The van der Waals surface area contributed by atoms with E-state index in [4.69, 9.17) is 5.73 Å². The van der Waals surface area contributed by atoms with Crippen LogP contribution in [0.4, 0.5) is 0 Å². The summed E-state index contributed by atoms with van der Waals surface area (Å²) in [5.41, 5.74) is 8.66. The highest BCUT2D eigenvalue weighted by molar-refractivity contribution is 5.25. The summed E-state index contributed by atoms with van der Waals surface area (Å²) < 4.78 is 0. The number of hydrogen-bond acceptors (Lipinski definition) is 2. The Hall–Kier alpha value is -0.860. The molecule has 0 spiro atoms. The highest BCUT2D eigenvalue weighted by atomic mass is 15.1. The molecule has 0 radical (unpaired) electrons. The summed E-state index contributed by atoms with van der Waals surface area (Å²) in [4.78, 5) is 2.39. The topological polar surface area (TPSA) is 29.3 Å². The van der Waals surface area contributed by atoms with Crippen molar-refractivity contribution in [3.05, 3.63) is 35.4 Å². The van der Waals surface area contributed by atoms with Crippen molar-refractivity contribution < 1.29 is 0 Å². The smallest absolute Gasteiger partial charge is 0.0238 e. The summed E-state index contributed by atoms with van der Waals surface area (Å²) in [6.07, 6.45) is 1.10. The fraction of sp³-hybridized carbons (Fsp3) is 0.600. The number of likely N-dealkylation sites (N-methyl/N-ethyl adjacent to an activating group) is 1. The van der Waals surface area contributed by atoms with Crippen molar-refractivity contribution in [2.24, 2.45) is 11.7 Å². The molecule has 1 aromatic rings. The van der Waals surface area contributed by atoms with Crippen molar-refractivity contribution >= 4 is 0 Å². The predicted molar refractivity (Wildman–Crippen MR) is 75.2 cm³/mol. The molecular weight excluding hydrogens is 208 g/mol. The van der Waals surface area contributed by atoms with Crippen LogP contribution in [0.25, 0.3) is 0 Å². The van der Waals surface area contributed by atoms with Crippen LogP contribution in [0.5, 0.6) is 0 Å². The molecule has 2 heteroatoms. The van der Waals surface area contributed by atoms with Crippen LogP contribution in [0, 0.1) is 12.8 Å². The monoisotopic (exact) mass is 234 g/mol. The van der Waals surface area contributed by atoms with Crippen LogP contribution in [0.1, 0.15) is 25.0 Å². The lowest BCUT2D eigenvalue weighted by molar-refractivity contribution is 0.199. The van der Waals surface area contributed by atoms with Gasteiger partial charge in [0.15, 0.2) is 0 Å². The van der Waals surface area contributed by atoms with E-state index in [2.05, 4.69) is 57.0 Å². The van der Waals surface area contributed by atoms with Crippen LogP contribution in [0.3, 0.4) is 0 Å². The third-order valence-electron chi connectivity index (χ3n) is 3.57. The number of hydrogen-bond donors (Lipinski definition) is 1. The molecule has 2 nitrogen and oxygen atoms in total. The Labute approximate surface area is 106 Å². The largest absolute Gasteiger partial charge is 0.329 e. The van der Waals surface area contributed by atoms with Gasteiger partial charge in [-0.2, -0.15) is 0 Å². The Balaban J connectivity index is 2.53. The van der Waals surface area contributed by atoms with Gasteiger partial charge in [-0.1, -0.05) is 38.1 Å². The summed E-state index contributed by atoms with van der Waals surface area (Å²) in [5.74, 6) is 0.613. The second-order valence-corrected chi connectivity index (χ2v) is 5.20. The fourth-order valence-corrected chi connectivity index (χ4v) is 2.31. The molecule has 0 bridgehead atoms. The molecular formula is C15H26N2. The minimum Gasteiger partial charge on any atom is -0.329 e. The average molecular weight is 234 g/mol. The third-order valence-corrected chi connectivity index (χ3v) is 3.57. The van der Waals surface area contributed by atoms with Crippen molar-refractivity contribution in [3.63, 3.8) is 0 Å². The lowest BCUT2D eigenvalue weighted by Gasteiger charge is -2.30. The van der Waals surface area contributed by atoms with Gasteiger partial charge in [0.25, 0.3) is 0 Å². The molecule has 1 atom stereocenters. The van der Waals surface area contributed by atoms with E-state index in [1.165, 1.54) is 11.1 Å². The molecule has 0 saturated carbocycles. The SMILES string of the molecule is Cc1ccccc1CCN(C)C(CN)C(C)C. The molecule has 0 amide bonds. The van der Waals surface area contributed by atoms with Gasteiger partial charge < -0.3 is 10.6 Å².